The van der Waals surface area contributed by atoms with Crippen molar-refractivity contribution in [2.24, 2.45) is 5.73 Å². The third kappa shape index (κ3) is 3.03. The quantitative estimate of drug-likeness (QED) is 0.849. The van der Waals surface area contributed by atoms with Crippen LogP contribution in [0.4, 0.5) is 0 Å². The summed E-state index contributed by atoms with van der Waals surface area (Å²) >= 11 is 0. The Morgan fingerprint density at radius 3 is 2.11 bits per heavy atom. The zero-order valence-corrected chi connectivity index (χ0v) is 12.2. The van der Waals surface area contributed by atoms with Crippen molar-refractivity contribution in [1.29, 1.82) is 0 Å². The van der Waals surface area contributed by atoms with Crippen molar-refractivity contribution in [3.63, 3.8) is 0 Å². The number of nitrogens with two attached hydrogens (primary N) is 1. The molecule has 3 heteroatoms. The molecule has 0 aliphatic heterocycles. The van der Waals surface area contributed by atoms with E-state index in [1.165, 1.54) is 11.1 Å². The lowest BCUT2D eigenvalue weighted by atomic mass is 10.0. The molecule has 2 unspecified atom stereocenters. The molecule has 1 aromatic carbocycles. The van der Waals surface area contributed by atoms with E-state index in [2.05, 4.69) is 32.9 Å². The van der Waals surface area contributed by atoms with Crippen LogP contribution in [0.5, 0.6) is 11.5 Å². The first-order valence-electron chi connectivity index (χ1n) is 7.36. The van der Waals surface area contributed by atoms with Crippen molar-refractivity contribution in [3.8, 4) is 11.5 Å². The molecule has 2 N–H and O–H groups in total. The average molecular weight is 263 g/mol. The van der Waals surface area contributed by atoms with Gasteiger partial charge in [-0.15, -0.1) is 0 Å². The number of hydrogen-bond acceptors (Lipinski definition) is 3. The summed E-state index contributed by atoms with van der Waals surface area (Å²) in [6, 6.07) is 4.35. The zero-order chi connectivity index (χ0) is 13.8. The predicted octanol–water partition coefficient (Wildman–Crippen LogP) is 3.77. The van der Waals surface area contributed by atoms with E-state index in [-0.39, 0.29) is 6.04 Å². The Balaban J connectivity index is 2.31. The maximum atomic E-state index is 6.19. The van der Waals surface area contributed by atoms with Crippen molar-refractivity contribution < 1.29 is 9.47 Å². The van der Waals surface area contributed by atoms with E-state index in [0.29, 0.717) is 12.5 Å². The summed E-state index contributed by atoms with van der Waals surface area (Å²) in [5.74, 6) is 2.22. The lowest BCUT2D eigenvalue weighted by Gasteiger charge is -2.16. The molecule has 1 aliphatic carbocycles. The Morgan fingerprint density at radius 1 is 1.05 bits per heavy atom. The van der Waals surface area contributed by atoms with Crippen LogP contribution in [-0.4, -0.2) is 13.2 Å². The fourth-order valence-electron chi connectivity index (χ4n) is 2.62. The molecule has 0 saturated carbocycles. The van der Waals surface area contributed by atoms with Crippen molar-refractivity contribution in [1.82, 2.24) is 0 Å². The van der Waals surface area contributed by atoms with Crippen LogP contribution in [0.15, 0.2) is 12.1 Å². The number of benzene rings is 1. The summed E-state index contributed by atoms with van der Waals surface area (Å²) in [5, 5.41) is 0. The lowest BCUT2D eigenvalue weighted by Crippen LogP contribution is -2.07. The van der Waals surface area contributed by atoms with Gasteiger partial charge in [0.15, 0.2) is 11.5 Å². The molecule has 0 amide bonds. The lowest BCUT2D eigenvalue weighted by molar-refractivity contribution is 0.268. The minimum atomic E-state index is 0.134. The average Bonchev–Trinajstić information content (AvgIpc) is 2.68. The minimum Gasteiger partial charge on any atom is -0.490 e. The molecule has 2 rings (SSSR count). The second-order valence-corrected chi connectivity index (χ2v) is 5.37. The van der Waals surface area contributed by atoms with Crippen LogP contribution >= 0.6 is 0 Å². The third-order valence-electron chi connectivity index (χ3n) is 3.61. The Morgan fingerprint density at radius 2 is 1.58 bits per heavy atom. The third-order valence-corrected chi connectivity index (χ3v) is 3.61. The van der Waals surface area contributed by atoms with Gasteiger partial charge in [0.1, 0.15) is 0 Å². The summed E-state index contributed by atoms with van der Waals surface area (Å²) in [6.07, 6.45) is 3.01. The Bertz CT molecular complexity index is 392. The summed E-state index contributed by atoms with van der Waals surface area (Å²) in [4.78, 5) is 0. The van der Waals surface area contributed by atoms with E-state index in [9.17, 15) is 0 Å². The van der Waals surface area contributed by atoms with Crippen LogP contribution in [0.2, 0.25) is 0 Å². The first-order valence-corrected chi connectivity index (χ1v) is 7.36. The molecule has 0 fully saturated rings. The van der Waals surface area contributed by atoms with Crippen LogP contribution in [0.1, 0.15) is 63.1 Å². The topological polar surface area (TPSA) is 44.5 Å². The first kappa shape index (κ1) is 14.2. The highest BCUT2D eigenvalue weighted by Gasteiger charge is 2.27. The summed E-state index contributed by atoms with van der Waals surface area (Å²) < 4.78 is 11.6. The van der Waals surface area contributed by atoms with Gasteiger partial charge in [0.2, 0.25) is 0 Å². The molecule has 1 aliphatic rings. The monoisotopic (exact) mass is 263 g/mol. The van der Waals surface area contributed by atoms with Gasteiger partial charge in [-0.1, -0.05) is 20.8 Å². The Hall–Kier alpha value is -1.22. The van der Waals surface area contributed by atoms with E-state index in [4.69, 9.17) is 15.2 Å². The number of ether oxygens (including phenoxy) is 2. The molecule has 0 heterocycles. The molecule has 0 saturated heterocycles. The van der Waals surface area contributed by atoms with Crippen molar-refractivity contribution in [2.45, 2.75) is 52.0 Å². The molecule has 106 valence electrons. The van der Waals surface area contributed by atoms with E-state index >= 15 is 0 Å². The van der Waals surface area contributed by atoms with Gasteiger partial charge in [-0.05, 0) is 48.4 Å². The first-order chi connectivity index (χ1) is 9.17. The van der Waals surface area contributed by atoms with Gasteiger partial charge < -0.3 is 15.2 Å². The van der Waals surface area contributed by atoms with Crippen molar-refractivity contribution in [2.75, 3.05) is 13.2 Å². The van der Waals surface area contributed by atoms with Crippen LogP contribution in [0.3, 0.4) is 0 Å². The molecule has 0 bridgehead atoms. The Kier molecular flexibility index (Phi) is 4.70. The fraction of sp³-hybridized carbons (Fsp3) is 0.625. The predicted molar refractivity (Wildman–Crippen MR) is 78.0 cm³/mol. The van der Waals surface area contributed by atoms with Crippen molar-refractivity contribution in [3.05, 3.63) is 23.3 Å². The highest BCUT2D eigenvalue weighted by atomic mass is 16.5. The second-order valence-electron chi connectivity index (χ2n) is 5.37. The van der Waals surface area contributed by atoms with Gasteiger partial charge in [0, 0.05) is 6.04 Å². The molecule has 0 radical (unpaired) electrons. The molecule has 0 spiro atoms. The van der Waals surface area contributed by atoms with Gasteiger partial charge >= 0.3 is 0 Å². The zero-order valence-electron chi connectivity index (χ0n) is 12.2. The largest absolute Gasteiger partial charge is 0.490 e. The molecular weight excluding hydrogens is 238 g/mol. The number of hydrogen-bond donors (Lipinski definition) is 1. The molecule has 3 nitrogen and oxygen atoms in total. The second kappa shape index (κ2) is 6.29. The summed E-state index contributed by atoms with van der Waals surface area (Å²) in [6.45, 7) is 7.88. The SMILES string of the molecule is CCCOc1cc2c(cc1OCCC)C(N)CC2C. The summed E-state index contributed by atoms with van der Waals surface area (Å²) in [7, 11) is 0. The van der Waals surface area contributed by atoms with Crippen molar-refractivity contribution >= 4 is 0 Å². The number of fused-ring (bicyclic) bond motifs is 1. The highest BCUT2D eigenvalue weighted by Crippen LogP contribution is 2.44. The normalized spacial score (nSPS) is 21.3. The van der Waals surface area contributed by atoms with Crippen LogP contribution in [0.25, 0.3) is 0 Å². The summed E-state index contributed by atoms with van der Waals surface area (Å²) in [5.41, 5.74) is 8.73. The maximum absolute atomic E-state index is 6.19. The van der Waals surface area contributed by atoms with Crippen LogP contribution in [0, 0.1) is 0 Å². The molecule has 1 aromatic rings. The van der Waals surface area contributed by atoms with Gasteiger partial charge in [-0.2, -0.15) is 0 Å². The smallest absolute Gasteiger partial charge is 0.161 e. The maximum Gasteiger partial charge on any atom is 0.161 e. The van der Waals surface area contributed by atoms with Gasteiger partial charge in [-0.25, -0.2) is 0 Å². The number of rotatable bonds is 6. The van der Waals surface area contributed by atoms with E-state index in [1.807, 2.05) is 0 Å². The molecule has 0 aromatic heterocycles. The van der Waals surface area contributed by atoms with Gasteiger partial charge in [-0.3, -0.25) is 0 Å². The fourth-order valence-corrected chi connectivity index (χ4v) is 2.62. The Labute approximate surface area is 116 Å². The van der Waals surface area contributed by atoms with Gasteiger partial charge in [0.05, 0.1) is 13.2 Å². The van der Waals surface area contributed by atoms with E-state index in [1.54, 1.807) is 0 Å². The highest BCUT2D eigenvalue weighted by molar-refractivity contribution is 5.51. The minimum absolute atomic E-state index is 0.134. The van der Waals surface area contributed by atoms with Crippen LogP contribution < -0.4 is 15.2 Å². The molecular formula is C16H25NO2. The van der Waals surface area contributed by atoms with E-state index in [0.717, 1.165) is 37.4 Å². The molecule has 19 heavy (non-hydrogen) atoms. The van der Waals surface area contributed by atoms with Gasteiger partial charge in [0.25, 0.3) is 0 Å². The standard InChI is InChI=1S/C16H25NO2/c1-4-6-18-15-9-12-11(3)8-14(17)13(12)10-16(15)19-7-5-2/h9-11,14H,4-8,17H2,1-3H3. The molecule has 2 atom stereocenters. The van der Waals surface area contributed by atoms with E-state index < -0.39 is 0 Å². The van der Waals surface area contributed by atoms with Crippen LogP contribution in [-0.2, 0) is 0 Å².